The molecule has 0 aromatic carbocycles. The summed E-state index contributed by atoms with van der Waals surface area (Å²) in [6, 6.07) is 1.93. The summed E-state index contributed by atoms with van der Waals surface area (Å²) in [6.07, 6.45) is 5.02. The van der Waals surface area contributed by atoms with Gasteiger partial charge in [-0.2, -0.15) is 5.26 Å². The van der Waals surface area contributed by atoms with E-state index in [1.165, 1.54) is 11.3 Å². The number of nitrogens with one attached hydrogen (secondary N) is 1. The van der Waals surface area contributed by atoms with Crippen LogP contribution in [0.2, 0.25) is 0 Å². The van der Waals surface area contributed by atoms with Crippen LogP contribution in [0.4, 0.5) is 0 Å². The van der Waals surface area contributed by atoms with Crippen LogP contribution >= 0.6 is 11.3 Å². The minimum Gasteiger partial charge on any atom is -0.344 e. The summed E-state index contributed by atoms with van der Waals surface area (Å²) in [4.78, 5) is 16.8. The van der Waals surface area contributed by atoms with Gasteiger partial charge in [-0.3, -0.25) is 4.79 Å². The van der Waals surface area contributed by atoms with Gasteiger partial charge >= 0.3 is 0 Å². The van der Waals surface area contributed by atoms with Crippen molar-refractivity contribution in [2.45, 2.75) is 19.8 Å². The summed E-state index contributed by atoms with van der Waals surface area (Å²) in [5.41, 5.74) is 0.852. The Morgan fingerprint density at radius 3 is 2.81 bits per heavy atom. The SMILES string of the molecule is C#CCNC(=O)[C@@H](C#N)c1nc(C)c(C)s1. The van der Waals surface area contributed by atoms with Crippen LogP contribution in [0.5, 0.6) is 0 Å². The number of aryl methyl sites for hydroxylation is 2. The van der Waals surface area contributed by atoms with Gasteiger partial charge in [0.25, 0.3) is 0 Å². The zero-order valence-corrected chi connectivity index (χ0v) is 9.89. The Kier molecular flexibility index (Phi) is 4.04. The lowest BCUT2D eigenvalue weighted by atomic mass is 10.1. The first-order valence-corrected chi connectivity index (χ1v) is 5.46. The molecule has 1 rings (SSSR count). The smallest absolute Gasteiger partial charge is 0.245 e. The molecule has 5 heteroatoms. The third-order valence-corrected chi connectivity index (χ3v) is 3.19. The lowest BCUT2D eigenvalue weighted by Gasteiger charge is -2.04. The summed E-state index contributed by atoms with van der Waals surface area (Å²) in [5, 5.41) is 12.0. The standard InChI is InChI=1S/C11H11N3OS/c1-4-5-13-10(15)9(6-12)11-14-7(2)8(3)16-11/h1,9H,5H2,2-3H3,(H,13,15)/t9-/m1/s1. The fourth-order valence-corrected chi connectivity index (χ4v) is 2.05. The topological polar surface area (TPSA) is 65.8 Å². The number of amides is 1. The van der Waals surface area contributed by atoms with Crippen molar-refractivity contribution in [2.24, 2.45) is 0 Å². The van der Waals surface area contributed by atoms with Gasteiger partial charge in [0.05, 0.1) is 18.3 Å². The van der Waals surface area contributed by atoms with Crippen LogP contribution in [0.3, 0.4) is 0 Å². The van der Waals surface area contributed by atoms with Crippen molar-refractivity contribution in [3.8, 4) is 18.4 Å². The van der Waals surface area contributed by atoms with Crippen molar-refractivity contribution in [1.82, 2.24) is 10.3 Å². The minimum absolute atomic E-state index is 0.125. The summed E-state index contributed by atoms with van der Waals surface area (Å²) in [7, 11) is 0. The van der Waals surface area contributed by atoms with Gasteiger partial charge < -0.3 is 5.32 Å². The number of terminal acetylenes is 1. The number of nitriles is 1. The predicted molar refractivity (Wildman–Crippen MR) is 61.8 cm³/mol. The first-order valence-electron chi connectivity index (χ1n) is 4.65. The second-order valence-electron chi connectivity index (χ2n) is 3.18. The van der Waals surface area contributed by atoms with E-state index >= 15 is 0 Å². The summed E-state index contributed by atoms with van der Waals surface area (Å²) in [6.45, 7) is 3.88. The van der Waals surface area contributed by atoms with E-state index in [-0.39, 0.29) is 6.54 Å². The second kappa shape index (κ2) is 5.29. The normalized spacial score (nSPS) is 11.2. The van der Waals surface area contributed by atoms with Gasteiger partial charge in [-0.25, -0.2) is 4.98 Å². The monoisotopic (exact) mass is 233 g/mol. The molecule has 1 amide bonds. The van der Waals surface area contributed by atoms with E-state index in [9.17, 15) is 4.79 Å². The highest BCUT2D eigenvalue weighted by atomic mass is 32.1. The van der Waals surface area contributed by atoms with Crippen LogP contribution in [-0.4, -0.2) is 17.4 Å². The number of hydrogen-bond acceptors (Lipinski definition) is 4. The molecule has 0 radical (unpaired) electrons. The van der Waals surface area contributed by atoms with Gasteiger partial charge in [0.1, 0.15) is 5.01 Å². The Bertz CT molecular complexity index is 459. The largest absolute Gasteiger partial charge is 0.344 e. The Morgan fingerprint density at radius 2 is 2.38 bits per heavy atom. The molecule has 16 heavy (non-hydrogen) atoms. The molecule has 0 bridgehead atoms. The highest BCUT2D eigenvalue weighted by molar-refractivity contribution is 7.11. The number of thiazole rings is 1. The van der Waals surface area contributed by atoms with Crippen molar-refractivity contribution in [3.63, 3.8) is 0 Å². The molecular weight excluding hydrogens is 222 g/mol. The Labute approximate surface area is 98.3 Å². The lowest BCUT2D eigenvalue weighted by molar-refractivity contribution is -0.121. The number of carbonyl (C=O) groups is 1. The molecule has 1 aromatic heterocycles. The molecule has 0 unspecified atom stereocenters. The average Bonchev–Trinajstić information content (AvgIpc) is 2.57. The average molecular weight is 233 g/mol. The van der Waals surface area contributed by atoms with Crippen LogP contribution < -0.4 is 5.32 Å². The maximum absolute atomic E-state index is 11.6. The van der Waals surface area contributed by atoms with E-state index in [0.29, 0.717) is 5.01 Å². The van der Waals surface area contributed by atoms with Gasteiger partial charge in [-0.15, -0.1) is 17.8 Å². The zero-order chi connectivity index (χ0) is 12.1. The van der Waals surface area contributed by atoms with Crippen molar-refractivity contribution in [2.75, 3.05) is 6.54 Å². The molecule has 82 valence electrons. The van der Waals surface area contributed by atoms with Gasteiger partial charge in [0.15, 0.2) is 5.92 Å². The van der Waals surface area contributed by atoms with E-state index < -0.39 is 11.8 Å². The lowest BCUT2D eigenvalue weighted by Crippen LogP contribution is -2.28. The third kappa shape index (κ3) is 2.59. The molecule has 0 saturated heterocycles. The summed E-state index contributed by atoms with van der Waals surface area (Å²) in [5.74, 6) is 1.02. The molecule has 1 N–H and O–H groups in total. The van der Waals surface area contributed by atoms with Crippen molar-refractivity contribution in [1.29, 1.82) is 5.26 Å². The van der Waals surface area contributed by atoms with E-state index in [0.717, 1.165) is 10.6 Å². The molecule has 1 aromatic rings. The Balaban J connectivity index is 2.88. The number of rotatable bonds is 3. The Morgan fingerprint density at radius 1 is 1.69 bits per heavy atom. The second-order valence-corrected chi connectivity index (χ2v) is 4.41. The van der Waals surface area contributed by atoms with Gasteiger partial charge in [-0.1, -0.05) is 5.92 Å². The molecular formula is C11H11N3OS. The van der Waals surface area contributed by atoms with Crippen LogP contribution in [0.15, 0.2) is 0 Å². The molecule has 1 atom stereocenters. The highest BCUT2D eigenvalue weighted by Gasteiger charge is 2.23. The number of aromatic nitrogens is 1. The van der Waals surface area contributed by atoms with Crippen molar-refractivity contribution >= 4 is 17.2 Å². The van der Waals surface area contributed by atoms with Crippen LogP contribution in [0.1, 0.15) is 21.5 Å². The van der Waals surface area contributed by atoms with Gasteiger partial charge in [0, 0.05) is 4.88 Å². The molecule has 1 heterocycles. The molecule has 0 aliphatic rings. The van der Waals surface area contributed by atoms with Crippen LogP contribution in [-0.2, 0) is 4.79 Å². The van der Waals surface area contributed by atoms with E-state index in [1.807, 2.05) is 19.9 Å². The summed E-state index contributed by atoms with van der Waals surface area (Å²) >= 11 is 1.36. The molecule has 0 spiro atoms. The van der Waals surface area contributed by atoms with Crippen molar-refractivity contribution < 1.29 is 4.79 Å². The van der Waals surface area contributed by atoms with Crippen LogP contribution in [0.25, 0.3) is 0 Å². The van der Waals surface area contributed by atoms with Crippen LogP contribution in [0, 0.1) is 37.5 Å². The van der Waals surface area contributed by atoms with E-state index in [1.54, 1.807) is 0 Å². The number of carbonyl (C=O) groups excluding carboxylic acids is 1. The van der Waals surface area contributed by atoms with E-state index in [2.05, 4.69) is 16.2 Å². The molecule has 4 nitrogen and oxygen atoms in total. The highest BCUT2D eigenvalue weighted by Crippen LogP contribution is 2.24. The van der Waals surface area contributed by atoms with E-state index in [4.69, 9.17) is 11.7 Å². The number of nitrogens with zero attached hydrogens (tertiary/aromatic N) is 2. The maximum atomic E-state index is 11.6. The quantitative estimate of drug-likeness (QED) is 0.795. The first-order chi connectivity index (χ1) is 7.60. The minimum atomic E-state index is -0.870. The first kappa shape index (κ1) is 12.2. The molecule has 0 aliphatic carbocycles. The fraction of sp³-hybridized carbons (Fsp3) is 0.364. The Hall–Kier alpha value is -1.85. The fourth-order valence-electron chi connectivity index (χ4n) is 1.09. The molecule has 0 fully saturated rings. The van der Waals surface area contributed by atoms with Crippen molar-refractivity contribution in [3.05, 3.63) is 15.6 Å². The predicted octanol–water partition coefficient (Wildman–Crippen LogP) is 1.12. The molecule has 0 aliphatic heterocycles. The molecule has 0 saturated carbocycles. The maximum Gasteiger partial charge on any atom is 0.245 e. The zero-order valence-electron chi connectivity index (χ0n) is 9.07. The third-order valence-electron chi connectivity index (χ3n) is 2.05. The number of hydrogen-bond donors (Lipinski definition) is 1. The van der Waals surface area contributed by atoms with Gasteiger partial charge in [-0.05, 0) is 13.8 Å². The van der Waals surface area contributed by atoms with Gasteiger partial charge in [0.2, 0.25) is 5.91 Å². The summed E-state index contributed by atoms with van der Waals surface area (Å²) < 4.78 is 0.